The van der Waals surface area contributed by atoms with Gasteiger partial charge in [0.15, 0.2) is 0 Å². The van der Waals surface area contributed by atoms with Gasteiger partial charge in [-0.2, -0.15) is 0 Å². The van der Waals surface area contributed by atoms with Gasteiger partial charge >= 0.3 is 0 Å². The molecule has 0 aromatic rings. The van der Waals surface area contributed by atoms with Gasteiger partial charge in [-0.1, -0.05) is 26.7 Å². The Kier molecular flexibility index (Phi) is 3.29. The molecule has 3 nitrogen and oxygen atoms in total. The molecular weight excluding hydrogens is 188 g/mol. The van der Waals surface area contributed by atoms with E-state index in [1.165, 1.54) is 19.3 Å². The molecule has 0 aromatic carbocycles. The lowest BCUT2D eigenvalue weighted by Gasteiger charge is -2.32. The number of amides is 1. The molecule has 3 unspecified atom stereocenters. The van der Waals surface area contributed by atoms with Crippen molar-refractivity contribution in [2.45, 2.75) is 58.2 Å². The van der Waals surface area contributed by atoms with Crippen molar-refractivity contribution < 1.29 is 4.79 Å². The summed E-state index contributed by atoms with van der Waals surface area (Å²) in [4.78, 5) is 14.0. The summed E-state index contributed by atoms with van der Waals surface area (Å²) < 4.78 is 0. The van der Waals surface area contributed by atoms with Gasteiger partial charge in [-0.3, -0.25) is 10.1 Å². The number of rotatable bonds is 3. The van der Waals surface area contributed by atoms with Crippen molar-refractivity contribution in [3.05, 3.63) is 0 Å². The highest BCUT2D eigenvalue weighted by atomic mass is 16.2. The van der Waals surface area contributed by atoms with Gasteiger partial charge in [-0.25, -0.2) is 0 Å². The highest BCUT2D eigenvalue weighted by molar-refractivity contribution is 5.81. The summed E-state index contributed by atoms with van der Waals surface area (Å²) in [6.45, 7) is 5.01. The van der Waals surface area contributed by atoms with Crippen molar-refractivity contribution in [2.24, 2.45) is 5.92 Å². The van der Waals surface area contributed by atoms with Crippen LogP contribution in [0.2, 0.25) is 0 Å². The lowest BCUT2D eigenvalue weighted by atomic mass is 10.0. The van der Waals surface area contributed by atoms with Crippen LogP contribution in [0.4, 0.5) is 0 Å². The maximum atomic E-state index is 11.9. The Labute approximate surface area is 92.2 Å². The molecule has 3 heteroatoms. The highest BCUT2D eigenvalue weighted by Crippen LogP contribution is 2.32. The predicted molar refractivity (Wildman–Crippen MR) is 60.3 cm³/mol. The Morgan fingerprint density at radius 3 is 2.87 bits per heavy atom. The van der Waals surface area contributed by atoms with Crippen LogP contribution in [0.1, 0.15) is 46.0 Å². The average molecular weight is 210 g/mol. The Hall–Kier alpha value is -0.570. The molecule has 1 heterocycles. The fourth-order valence-corrected chi connectivity index (χ4v) is 3.04. The second-order valence-corrected chi connectivity index (χ2v) is 4.96. The minimum Gasteiger partial charge on any atom is -0.323 e. The van der Waals surface area contributed by atoms with Gasteiger partial charge in [0.1, 0.15) is 0 Å². The zero-order chi connectivity index (χ0) is 10.8. The summed E-state index contributed by atoms with van der Waals surface area (Å²) in [7, 11) is 0. The smallest absolute Gasteiger partial charge is 0.238 e. The van der Waals surface area contributed by atoms with Crippen molar-refractivity contribution in [2.75, 3.05) is 6.54 Å². The van der Waals surface area contributed by atoms with Gasteiger partial charge in [0.25, 0.3) is 0 Å². The van der Waals surface area contributed by atoms with Crippen LogP contribution in [0.15, 0.2) is 0 Å². The molecule has 15 heavy (non-hydrogen) atoms. The van der Waals surface area contributed by atoms with Crippen molar-refractivity contribution in [1.82, 2.24) is 10.2 Å². The lowest BCUT2D eigenvalue weighted by Crippen LogP contribution is -2.45. The molecule has 1 N–H and O–H groups in total. The van der Waals surface area contributed by atoms with Crippen LogP contribution in [-0.2, 0) is 4.79 Å². The first-order valence-corrected chi connectivity index (χ1v) is 6.28. The molecular formula is C12H22N2O. The van der Waals surface area contributed by atoms with Crippen LogP contribution in [0.3, 0.4) is 0 Å². The van der Waals surface area contributed by atoms with E-state index in [0.717, 1.165) is 12.8 Å². The summed E-state index contributed by atoms with van der Waals surface area (Å²) >= 11 is 0. The van der Waals surface area contributed by atoms with E-state index < -0.39 is 0 Å². The summed E-state index contributed by atoms with van der Waals surface area (Å²) in [5, 5.41) is 3.33. The van der Waals surface area contributed by atoms with E-state index in [1.807, 2.05) is 0 Å². The zero-order valence-corrected chi connectivity index (χ0v) is 9.83. The molecule has 0 spiro atoms. The van der Waals surface area contributed by atoms with E-state index in [4.69, 9.17) is 0 Å². The summed E-state index contributed by atoms with van der Waals surface area (Å²) in [5.74, 6) is 1.00. The van der Waals surface area contributed by atoms with E-state index in [1.54, 1.807) is 0 Å². The van der Waals surface area contributed by atoms with Gasteiger partial charge in [-0.15, -0.1) is 0 Å². The third-order valence-electron chi connectivity index (χ3n) is 3.85. The Balaban J connectivity index is 2.06. The lowest BCUT2D eigenvalue weighted by molar-refractivity contribution is -0.131. The summed E-state index contributed by atoms with van der Waals surface area (Å²) in [5.41, 5.74) is 0. The van der Waals surface area contributed by atoms with Crippen LogP contribution in [0.25, 0.3) is 0 Å². The SMILES string of the molecule is CCCC1NCC(=O)N1C1CCCC1C. The van der Waals surface area contributed by atoms with Gasteiger partial charge in [-0.05, 0) is 25.2 Å². The molecule has 2 fully saturated rings. The molecule has 2 aliphatic rings. The normalized spacial score (nSPS) is 36.5. The number of hydrogen-bond acceptors (Lipinski definition) is 2. The number of nitrogens with zero attached hydrogens (tertiary/aromatic N) is 1. The standard InChI is InChI=1S/C12H22N2O/c1-3-5-11-13-8-12(15)14(11)10-7-4-6-9(10)2/h9-11,13H,3-8H2,1-2H3. The van der Waals surface area contributed by atoms with Gasteiger partial charge in [0, 0.05) is 6.04 Å². The molecule has 0 radical (unpaired) electrons. The second-order valence-electron chi connectivity index (χ2n) is 4.96. The van der Waals surface area contributed by atoms with Crippen LogP contribution in [-0.4, -0.2) is 29.6 Å². The number of nitrogens with one attached hydrogen (secondary N) is 1. The average Bonchev–Trinajstić information content (AvgIpc) is 2.75. The first-order chi connectivity index (χ1) is 7.24. The fourth-order valence-electron chi connectivity index (χ4n) is 3.04. The summed E-state index contributed by atoms with van der Waals surface area (Å²) in [6, 6.07) is 0.504. The summed E-state index contributed by atoms with van der Waals surface area (Å²) in [6.07, 6.45) is 6.32. The van der Waals surface area contributed by atoms with Gasteiger partial charge in [0.2, 0.25) is 5.91 Å². The molecule has 1 aliphatic heterocycles. The predicted octanol–water partition coefficient (Wildman–Crippen LogP) is 1.73. The monoisotopic (exact) mass is 210 g/mol. The van der Waals surface area contributed by atoms with Crippen LogP contribution < -0.4 is 5.32 Å². The molecule has 86 valence electrons. The van der Waals surface area contributed by atoms with Crippen molar-refractivity contribution in [1.29, 1.82) is 0 Å². The van der Waals surface area contributed by atoms with E-state index in [-0.39, 0.29) is 0 Å². The molecule has 1 aliphatic carbocycles. The Morgan fingerprint density at radius 1 is 1.47 bits per heavy atom. The topological polar surface area (TPSA) is 32.3 Å². The van der Waals surface area contributed by atoms with Crippen LogP contribution in [0, 0.1) is 5.92 Å². The largest absolute Gasteiger partial charge is 0.323 e. The number of hydrogen-bond donors (Lipinski definition) is 1. The van der Waals surface area contributed by atoms with E-state index in [2.05, 4.69) is 24.1 Å². The molecule has 2 rings (SSSR count). The minimum atomic E-state index is 0.312. The molecule has 3 atom stereocenters. The molecule has 1 saturated carbocycles. The second kappa shape index (κ2) is 4.52. The van der Waals surface area contributed by atoms with Crippen molar-refractivity contribution in [3.8, 4) is 0 Å². The maximum absolute atomic E-state index is 11.9. The quantitative estimate of drug-likeness (QED) is 0.769. The van der Waals surface area contributed by atoms with E-state index in [9.17, 15) is 4.79 Å². The minimum absolute atomic E-state index is 0.312. The number of carbonyl (C=O) groups is 1. The fraction of sp³-hybridized carbons (Fsp3) is 0.917. The zero-order valence-electron chi connectivity index (χ0n) is 9.83. The van der Waals surface area contributed by atoms with Crippen molar-refractivity contribution >= 4 is 5.91 Å². The molecule has 1 amide bonds. The Morgan fingerprint density at radius 2 is 2.27 bits per heavy atom. The van der Waals surface area contributed by atoms with Crippen LogP contribution >= 0.6 is 0 Å². The van der Waals surface area contributed by atoms with E-state index in [0.29, 0.717) is 30.6 Å². The maximum Gasteiger partial charge on any atom is 0.238 e. The number of carbonyl (C=O) groups excluding carboxylic acids is 1. The van der Waals surface area contributed by atoms with Gasteiger partial charge < -0.3 is 4.90 Å². The molecule has 0 bridgehead atoms. The highest BCUT2D eigenvalue weighted by Gasteiger charge is 2.39. The third-order valence-corrected chi connectivity index (χ3v) is 3.85. The third kappa shape index (κ3) is 2.03. The first kappa shape index (κ1) is 10.9. The molecule has 1 saturated heterocycles. The van der Waals surface area contributed by atoms with Crippen molar-refractivity contribution in [3.63, 3.8) is 0 Å². The first-order valence-electron chi connectivity index (χ1n) is 6.28. The van der Waals surface area contributed by atoms with Crippen LogP contribution in [0.5, 0.6) is 0 Å². The Bertz CT molecular complexity index is 242. The molecule has 0 aromatic heterocycles. The van der Waals surface area contributed by atoms with Gasteiger partial charge in [0.05, 0.1) is 12.7 Å². The van der Waals surface area contributed by atoms with E-state index >= 15 is 0 Å².